The normalized spacial score (nSPS) is 10.4. The zero-order chi connectivity index (χ0) is 15.4. The summed E-state index contributed by atoms with van der Waals surface area (Å²) in [6.07, 6.45) is -0.103. The van der Waals surface area contributed by atoms with Crippen molar-refractivity contribution in [3.05, 3.63) is 51.5 Å². The van der Waals surface area contributed by atoms with Crippen LogP contribution in [0, 0.1) is 11.6 Å². The first kappa shape index (κ1) is 15.0. The minimum Gasteiger partial charge on any atom is -0.476 e. The van der Waals surface area contributed by atoms with E-state index < -0.39 is 23.5 Å². The third-order valence-corrected chi connectivity index (χ3v) is 3.41. The van der Waals surface area contributed by atoms with Gasteiger partial charge in [0, 0.05) is 5.38 Å². The number of aromatic carboxylic acids is 1. The molecule has 2 rings (SSSR count). The lowest BCUT2D eigenvalue weighted by Gasteiger charge is -2.04. The number of carbonyl (C=O) groups is 2. The van der Waals surface area contributed by atoms with Crippen molar-refractivity contribution >= 4 is 23.2 Å². The summed E-state index contributed by atoms with van der Waals surface area (Å²) in [5.41, 5.74) is 0.265. The van der Waals surface area contributed by atoms with Crippen LogP contribution in [0.4, 0.5) is 8.78 Å². The molecule has 1 amide bonds. The first-order chi connectivity index (χ1) is 9.95. The maximum atomic E-state index is 13.0. The SMILES string of the molecule is O=C(Cc1ccc(F)c(F)c1)NCc1nc(C(=O)O)cs1. The predicted octanol–water partition coefficient (Wildman–Crippen LogP) is 1.98. The van der Waals surface area contributed by atoms with E-state index in [-0.39, 0.29) is 18.7 Å². The Morgan fingerprint density at radius 3 is 2.67 bits per heavy atom. The molecule has 1 aromatic carbocycles. The number of benzene rings is 1. The molecule has 0 unspecified atom stereocenters. The summed E-state index contributed by atoms with van der Waals surface area (Å²) in [5.74, 6) is -3.51. The molecule has 0 aliphatic heterocycles. The molecule has 0 aliphatic carbocycles. The number of halogens is 2. The van der Waals surface area contributed by atoms with E-state index >= 15 is 0 Å². The first-order valence-electron chi connectivity index (χ1n) is 5.84. The fraction of sp³-hybridized carbons (Fsp3) is 0.154. The number of hydrogen-bond acceptors (Lipinski definition) is 4. The van der Waals surface area contributed by atoms with Crippen LogP contribution in [0.25, 0.3) is 0 Å². The summed E-state index contributed by atoms with van der Waals surface area (Å²) >= 11 is 1.11. The van der Waals surface area contributed by atoms with Crippen molar-refractivity contribution in [3.63, 3.8) is 0 Å². The second-order valence-electron chi connectivity index (χ2n) is 4.13. The molecule has 0 aliphatic rings. The van der Waals surface area contributed by atoms with E-state index in [1.807, 2.05) is 0 Å². The Morgan fingerprint density at radius 1 is 1.29 bits per heavy atom. The lowest BCUT2D eigenvalue weighted by Crippen LogP contribution is -2.24. The first-order valence-corrected chi connectivity index (χ1v) is 6.72. The Bertz CT molecular complexity index is 688. The van der Waals surface area contributed by atoms with Gasteiger partial charge in [-0.15, -0.1) is 11.3 Å². The average molecular weight is 312 g/mol. The zero-order valence-electron chi connectivity index (χ0n) is 10.6. The summed E-state index contributed by atoms with van der Waals surface area (Å²) in [5, 5.41) is 13.1. The number of carboxylic acids is 1. The van der Waals surface area contributed by atoms with Gasteiger partial charge < -0.3 is 10.4 Å². The number of hydrogen-bond donors (Lipinski definition) is 2. The number of aromatic nitrogens is 1. The fourth-order valence-electron chi connectivity index (χ4n) is 1.56. The smallest absolute Gasteiger partial charge is 0.355 e. The molecule has 0 saturated heterocycles. The molecular weight excluding hydrogens is 302 g/mol. The standard InChI is InChI=1S/C13H10F2N2O3S/c14-8-2-1-7(3-9(8)15)4-11(18)16-5-12-17-10(6-21-12)13(19)20/h1-3,6H,4-5H2,(H,16,18)(H,19,20). The third kappa shape index (κ3) is 4.06. The molecule has 1 heterocycles. The fourth-order valence-corrected chi connectivity index (χ4v) is 2.27. The van der Waals surface area contributed by atoms with Crippen LogP contribution in [-0.2, 0) is 17.8 Å². The summed E-state index contributed by atoms with van der Waals surface area (Å²) in [7, 11) is 0. The molecule has 0 radical (unpaired) electrons. The van der Waals surface area contributed by atoms with Crippen molar-refractivity contribution in [2.75, 3.05) is 0 Å². The number of rotatable bonds is 5. The van der Waals surface area contributed by atoms with E-state index in [0.29, 0.717) is 10.6 Å². The van der Waals surface area contributed by atoms with Crippen molar-refractivity contribution in [2.45, 2.75) is 13.0 Å². The van der Waals surface area contributed by atoms with Crippen LogP contribution in [-0.4, -0.2) is 22.0 Å². The van der Waals surface area contributed by atoms with Gasteiger partial charge in [0.15, 0.2) is 17.3 Å². The number of thiazole rings is 1. The van der Waals surface area contributed by atoms with Crippen molar-refractivity contribution in [1.82, 2.24) is 10.3 Å². The molecule has 1 aromatic heterocycles. The van der Waals surface area contributed by atoms with Gasteiger partial charge >= 0.3 is 5.97 Å². The maximum Gasteiger partial charge on any atom is 0.355 e. The average Bonchev–Trinajstić information content (AvgIpc) is 2.90. The molecule has 5 nitrogen and oxygen atoms in total. The number of carbonyl (C=O) groups excluding carboxylic acids is 1. The van der Waals surface area contributed by atoms with Crippen LogP contribution < -0.4 is 5.32 Å². The van der Waals surface area contributed by atoms with Gasteiger partial charge in [-0.05, 0) is 17.7 Å². The summed E-state index contributed by atoms with van der Waals surface area (Å²) in [6, 6.07) is 3.24. The molecule has 2 aromatic rings. The Balaban J connectivity index is 1.89. The van der Waals surface area contributed by atoms with E-state index in [2.05, 4.69) is 10.3 Å². The molecule has 110 valence electrons. The second-order valence-corrected chi connectivity index (χ2v) is 5.08. The van der Waals surface area contributed by atoms with Crippen LogP contribution in [0.5, 0.6) is 0 Å². The van der Waals surface area contributed by atoms with Gasteiger partial charge in [-0.2, -0.15) is 0 Å². The molecule has 0 spiro atoms. The van der Waals surface area contributed by atoms with Crippen LogP contribution >= 0.6 is 11.3 Å². The van der Waals surface area contributed by atoms with E-state index in [1.54, 1.807) is 0 Å². The van der Waals surface area contributed by atoms with Gasteiger partial charge in [-0.1, -0.05) is 6.07 Å². The van der Waals surface area contributed by atoms with E-state index in [4.69, 9.17) is 5.11 Å². The molecule has 0 fully saturated rings. The monoisotopic (exact) mass is 312 g/mol. The van der Waals surface area contributed by atoms with Gasteiger partial charge in [0.05, 0.1) is 13.0 Å². The molecule has 0 saturated carbocycles. The lowest BCUT2D eigenvalue weighted by molar-refractivity contribution is -0.120. The molecule has 2 N–H and O–H groups in total. The molecule has 0 atom stereocenters. The molecule has 8 heteroatoms. The van der Waals surface area contributed by atoms with E-state index in [0.717, 1.165) is 23.5 Å². The quantitative estimate of drug-likeness (QED) is 0.885. The molecule has 0 bridgehead atoms. The Labute approximate surface area is 122 Å². The Kier molecular flexibility index (Phi) is 4.59. The molecular formula is C13H10F2N2O3S. The summed E-state index contributed by atoms with van der Waals surface area (Å²) < 4.78 is 25.7. The topological polar surface area (TPSA) is 79.3 Å². The molecule has 21 heavy (non-hydrogen) atoms. The van der Waals surface area contributed by atoms with E-state index in [9.17, 15) is 18.4 Å². The highest BCUT2D eigenvalue weighted by molar-refractivity contribution is 7.09. The van der Waals surface area contributed by atoms with Crippen molar-refractivity contribution in [1.29, 1.82) is 0 Å². The largest absolute Gasteiger partial charge is 0.476 e. The highest BCUT2D eigenvalue weighted by Crippen LogP contribution is 2.11. The van der Waals surface area contributed by atoms with E-state index in [1.165, 1.54) is 11.4 Å². The van der Waals surface area contributed by atoms with Gasteiger partial charge in [-0.3, -0.25) is 4.79 Å². The third-order valence-electron chi connectivity index (χ3n) is 2.56. The highest BCUT2D eigenvalue weighted by atomic mass is 32.1. The summed E-state index contributed by atoms with van der Waals surface area (Å²) in [6.45, 7) is 0.0838. The predicted molar refractivity (Wildman–Crippen MR) is 71.0 cm³/mol. The van der Waals surface area contributed by atoms with Crippen molar-refractivity contribution in [3.8, 4) is 0 Å². The van der Waals surface area contributed by atoms with Gasteiger partial charge in [0.25, 0.3) is 0 Å². The van der Waals surface area contributed by atoms with Crippen LogP contribution in [0.15, 0.2) is 23.6 Å². The minimum absolute atomic E-state index is 0.0788. The Hall–Kier alpha value is -2.35. The van der Waals surface area contributed by atoms with Crippen molar-refractivity contribution < 1.29 is 23.5 Å². The Morgan fingerprint density at radius 2 is 2.05 bits per heavy atom. The number of nitrogens with zero attached hydrogens (tertiary/aromatic N) is 1. The number of nitrogens with one attached hydrogen (secondary N) is 1. The van der Waals surface area contributed by atoms with Gasteiger partial charge in [-0.25, -0.2) is 18.6 Å². The van der Waals surface area contributed by atoms with Crippen LogP contribution in [0.2, 0.25) is 0 Å². The minimum atomic E-state index is -1.13. The number of amides is 1. The van der Waals surface area contributed by atoms with Gasteiger partial charge in [0.1, 0.15) is 5.01 Å². The van der Waals surface area contributed by atoms with Gasteiger partial charge in [0.2, 0.25) is 5.91 Å². The number of carboxylic acid groups (broad SMARTS) is 1. The second kappa shape index (κ2) is 6.40. The maximum absolute atomic E-state index is 13.0. The highest BCUT2D eigenvalue weighted by Gasteiger charge is 2.10. The summed E-state index contributed by atoms with van der Waals surface area (Å²) in [4.78, 5) is 26.1. The van der Waals surface area contributed by atoms with Crippen LogP contribution in [0.1, 0.15) is 21.1 Å². The lowest BCUT2D eigenvalue weighted by atomic mass is 10.1. The zero-order valence-corrected chi connectivity index (χ0v) is 11.4. The van der Waals surface area contributed by atoms with Crippen LogP contribution in [0.3, 0.4) is 0 Å². The van der Waals surface area contributed by atoms with Crippen molar-refractivity contribution in [2.24, 2.45) is 0 Å².